The van der Waals surface area contributed by atoms with Gasteiger partial charge in [0, 0.05) is 30.5 Å². The topological polar surface area (TPSA) is 97.8 Å². The molecule has 8 nitrogen and oxygen atoms in total. The van der Waals surface area contributed by atoms with Crippen LogP contribution in [0.15, 0.2) is 29.6 Å². The van der Waals surface area contributed by atoms with E-state index in [9.17, 15) is 14.4 Å². The van der Waals surface area contributed by atoms with Gasteiger partial charge >= 0.3 is 5.97 Å². The van der Waals surface area contributed by atoms with Gasteiger partial charge in [0.2, 0.25) is 5.91 Å². The Labute approximate surface area is 166 Å². The zero-order valence-corrected chi connectivity index (χ0v) is 16.3. The highest BCUT2D eigenvalue weighted by Gasteiger charge is 2.24. The number of esters is 1. The number of carbonyl (C=O) groups excluding carboxylic acids is 3. The molecule has 2 heterocycles. The van der Waals surface area contributed by atoms with Gasteiger partial charge in [0.1, 0.15) is 5.75 Å². The summed E-state index contributed by atoms with van der Waals surface area (Å²) in [4.78, 5) is 41.5. The standard InChI is InChI=1S/C19H21N3O5S/c1-26-15-6-3-2-5-13(15)10-20-16(23)11-27-18(25)9-14-12-28-19(21-14)22-8-4-7-17(22)24/h2-3,5-6,12H,4,7-11H2,1H3,(H,20,23). The third kappa shape index (κ3) is 5.07. The molecular weight excluding hydrogens is 382 g/mol. The summed E-state index contributed by atoms with van der Waals surface area (Å²) in [6.45, 7) is 0.567. The number of ether oxygens (including phenoxy) is 2. The average molecular weight is 403 g/mol. The maximum Gasteiger partial charge on any atom is 0.312 e. The first-order valence-electron chi connectivity index (χ1n) is 8.86. The van der Waals surface area contributed by atoms with Crippen LogP contribution < -0.4 is 15.0 Å². The minimum Gasteiger partial charge on any atom is -0.496 e. The second-order valence-corrected chi connectivity index (χ2v) is 7.03. The first-order valence-corrected chi connectivity index (χ1v) is 9.74. The quantitative estimate of drug-likeness (QED) is 0.674. The lowest BCUT2D eigenvalue weighted by Gasteiger charge is -2.10. The molecule has 1 fully saturated rings. The van der Waals surface area contributed by atoms with Crippen molar-refractivity contribution in [2.75, 3.05) is 25.2 Å². The molecule has 2 amide bonds. The number of aromatic nitrogens is 1. The lowest BCUT2D eigenvalue weighted by Crippen LogP contribution is -2.28. The Morgan fingerprint density at radius 2 is 2.14 bits per heavy atom. The van der Waals surface area contributed by atoms with Crippen LogP contribution in [-0.4, -0.2) is 43.0 Å². The van der Waals surface area contributed by atoms with Crippen molar-refractivity contribution >= 4 is 34.3 Å². The number of anilines is 1. The monoisotopic (exact) mass is 403 g/mol. The number of benzene rings is 1. The van der Waals surface area contributed by atoms with Crippen LogP contribution in [0.25, 0.3) is 0 Å². The Kier molecular flexibility index (Phi) is 6.59. The predicted octanol–water partition coefficient (Wildman–Crippen LogP) is 1.68. The molecule has 1 N–H and O–H groups in total. The molecule has 1 aliphatic rings. The van der Waals surface area contributed by atoms with E-state index in [1.165, 1.54) is 11.3 Å². The molecule has 0 saturated carbocycles. The molecule has 0 atom stereocenters. The van der Waals surface area contributed by atoms with E-state index in [0.29, 0.717) is 29.5 Å². The highest BCUT2D eigenvalue weighted by Crippen LogP contribution is 2.25. The zero-order chi connectivity index (χ0) is 19.9. The van der Waals surface area contributed by atoms with Crippen molar-refractivity contribution in [2.45, 2.75) is 25.8 Å². The second-order valence-electron chi connectivity index (χ2n) is 6.20. The maximum atomic E-state index is 11.9. The summed E-state index contributed by atoms with van der Waals surface area (Å²) in [5.74, 6) is -0.219. The summed E-state index contributed by atoms with van der Waals surface area (Å²) in [7, 11) is 1.56. The van der Waals surface area contributed by atoms with Gasteiger partial charge in [0.15, 0.2) is 11.7 Å². The van der Waals surface area contributed by atoms with E-state index in [-0.39, 0.29) is 25.5 Å². The third-order valence-electron chi connectivity index (χ3n) is 4.20. The molecule has 9 heteroatoms. The van der Waals surface area contributed by atoms with Crippen LogP contribution in [0.5, 0.6) is 5.75 Å². The molecule has 1 aromatic heterocycles. The molecule has 0 radical (unpaired) electrons. The van der Waals surface area contributed by atoms with Gasteiger partial charge in [-0.15, -0.1) is 11.3 Å². The van der Waals surface area contributed by atoms with Crippen molar-refractivity contribution < 1.29 is 23.9 Å². The van der Waals surface area contributed by atoms with Crippen LogP contribution in [0.1, 0.15) is 24.1 Å². The van der Waals surface area contributed by atoms with E-state index in [1.807, 2.05) is 18.2 Å². The predicted molar refractivity (Wildman–Crippen MR) is 103 cm³/mol. The molecule has 1 aromatic carbocycles. The Morgan fingerprint density at radius 1 is 1.32 bits per heavy atom. The van der Waals surface area contributed by atoms with Crippen molar-refractivity contribution in [3.63, 3.8) is 0 Å². The molecule has 1 saturated heterocycles. The number of rotatable bonds is 8. The highest BCUT2D eigenvalue weighted by atomic mass is 32.1. The van der Waals surface area contributed by atoms with E-state index in [0.717, 1.165) is 12.0 Å². The number of nitrogens with zero attached hydrogens (tertiary/aromatic N) is 2. The minimum absolute atomic E-state index is 0.0433. The fraction of sp³-hybridized carbons (Fsp3) is 0.368. The summed E-state index contributed by atoms with van der Waals surface area (Å²) in [6.07, 6.45) is 1.30. The number of amides is 2. The smallest absolute Gasteiger partial charge is 0.312 e. The van der Waals surface area contributed by atoms with Crippen molar-refractivity contribution in [3.05, 3.63) is 40.9 Å². The number of thiazole rings is 1. The van der Waals surface area contributed by atoms with Gasteiger partial charge in [-0.1, -0.05) is 18.2 Å². The highest BCUT2D eigenvalue weighted by molar-refractivity contribution is 7.14. The van der Waals surface area contributed by atoms with Crippen LogP contribution in [0.2, 0.25) is 0 Å². The summed E-state index contributed by atoms with van der Waals surface area (Å²) in [5, 5.41) is 5.01. The molecule has 28 heavy (non-hydrogen) atoms. The van der Waals surface area contributed by atoms with E-state index in [4.69, 9.17) is 9.47 Å². The number of hydrogen-bond acceptors (Lipinski definition) is 7. The Balaban J connectivity index is 1.42. The van der Waals surface area contributed by atoms with Crippen molar-refractivity contribution in [1.29, 1.82) is 0 Å². The van der Waals surface area contributed by atoms with Crippen molar-refractivity contribution in [2.24, 2.45) is 0 Å². The lowest BCUT2D eigenvalue weighted by atomic mass is 10.2. The van der Waals surface area contributed by atoms with E-state index in [2.05, 4.69) is 10.3 Å². The molecule has 148 valence electrons. The fourth-order valence-corrected chi connectivity index (χ4v) is 3.66. The Bertz CT molecular complexity index is 867. The maximum absolute atomic E-state index is 11.9. The van der Waals surface area contributed by atoms with E-state index in [1.54, 1.807) is 23.5 Å². The average Bonchev–Trinajstić information content (AvgIpc) is 3.33. The second kappa shape index (κ2) is 9.32. The van der Waals surface area contributed by atoms with Crippen LogP contribution >= 0.6 is 11.3 Å². The van der Waals surface area contributed by atoms with Crippen LogP contribution in [0, 0.1) is 0 Å². The molecule has 1 aliphatic heterocycles. The first kappa shape index (κ1) is 19.8. The molecule has 3 rings (SSSR count). The zero-order valence-electron chi connectivity index (χ0n) is 15.5. The number of nitrogens with one attached hydrogen (secondary N) is 1. The SMILES string of the molecule is COc1ccccc1CNC(=O)COC(=O)Cc1csc(N2CCCC2=O)n1. The Morgan fingerprint density at radius 3 is 2.89 bits per heavy atom. The minimum atomic E-state index is -0.544. The van der Waals surface area contributed by atoms with Gasteiger partial charge in [-0.25, -0.2) is 4.98 Å². The van der Waals surface area contributed by atoms with Crippen molar-refractivity contribution in [3.8, 4) is 5.75 Å². The number of para-hydroxylation sites is 1. The summed E-state index contributed by atoms with van der Waals surface area (Å²) < 4.78 is 10.2. The Hall–Kier alpha value is -2.94. The molecule has 2 aromatic rings. The fourth-order valence-electron chi connectivity index (χ4n) is 2.79. The van der Waals surface area contributed by atoms with Crippen molar-refractivity contribution in [1.82, 2.24) is 10.3 Å². The van der Waals surface area contributed by atoms with Gasteiger partial charge in [-0.05, 0) is 12.5 Å². The van der Waals surface area contributed by atoms with Crippen LogP contribution in [0.3, 0.4) is 0 Å². The molecule has 0 aliphatic carbocycles. The third-order valence-corrected chi connectivity index (χ3v) is 5.11. The normalized spacial score (nSPS) is 13.5. The molecule has 0 unspecified atom stereocenters. The van der Waals surface area contributed by atoms with Crippen LogP contribution in [0.4, 0.5) is 5.13 Å². The lowest BCUT2D eigenvalue weighted by molar-refractivity contribution is -0.147. The van der Waals surface area contributed by atoms with E-state index < -0.39 is 11.9 Å². The molecule has 0 bridgehead atoms. The van der Waals surface area contributed by atoms with Gasteiger partial charge in [-0.3, -0.25) is 19.3 Å². The van der Waals surface area contributed by atoms with Gasteiger partial charge in [0.25, 0.3) is 5.91 Å². The largest absolute Gasteiger partial charge is 0.496 e. The number of carbonyl (C=O) groups is 3. The van der Waals surface area contributed by atoms with Gasteiger partial charge in [-0.2, -0.15) is 0 Å². The summed E-state index contributed by atoms with van der Waals surface area (Å²) in [5.41, 5.74) is 1.36. The van der Waals surface area contributed by atoms with Gasteiger partial charge in [0.05, 0.1) is 19.2 Å². The molecular formula is C19H21N3O5S. The van der Waals surface area contributed by atoms with E-state index >= 15 is 0 Å². The number of methoxy groups -OCH3 is 1. The number of hydrogen-bond donors (Lipinski definition) is 1. The molecule has 0 spiro atoms. The first-order chi connectivity index (χ1) is 13.6. The summed E-state index contributed by atoms with van der Waals surface area (Å²) in [6, 6.07) is 7.34. The van der Waals surface area contributed by atoms with Crippen LogP contribution in [-0.2, 0) is 32.1 Å². The van der Waals surface area contributed by atoms with Gasteiger partial charge < -0.3 is 14.8 Å². The summed E-state index contributed by atoms with van der Waals surface area (Å²) >= 11 is 1.32.